The maximum Gasteiger partial charge on any atom is 0.0662 e. The Bertz CT molecular complexity index is 223. The molecule has 19 heavy (non-hydrogen) atoms. The fourth-order valence-electron chi connectivity index (χ4n) is 2.79. The average molecular weight is 270 g/mol. The van der Waals surface area contributed by atoms with Gasteiger partial charge >= 0.3 is 0 Å². The van der Waals surface area contributed by atoms with E-state index in [-0.39, 0.29) is 5.54 Å². The second kappa shape index (κ2) is 8.23. The van der Waals surface area contributed by atoms with Crippen LogP contribution in [0.25, 0.3) is 0 Å². The summed E-state index contributed by atoms with van der Waals surface area (Å²) in [6, 6.07) is 0. The molecule has 0 radical (unpaired) electrons. The third-order valence-electron chi connectivity index (χ3n) is 4.31. The molecule has 3 heteroatoms. The van der Waals surface area contributed by atoms with Gasteiger partial charge in [0.25, 0.3) is 0 Å². The molecule has 0 aromatic heterocycles. The molecule has 3 nitrogen and oxygen atoms in total. The Hall–Kier alpha value is -0.120. The summed E-state index contributed by atoms with van der Waals surface area (Å²) in [4.78, 5) is 2.63. The van der Waals surface area contributed by atoms with Crippen molar-refractivity contribution in [2.24, 2.45) is 17.6 Å². The highest BCUT2D eigenvalue weighted by molar-refractivity contribution is 4.94. The van der Waals surface area contributed by atoms with Crippen LogP contribution in [0.3, 0.4) is 0 Å². The van der Waals surface area contributed by atoms with Crippen molar-refractivity contribution < 1.29 is 4.74 Å². The van der Waals surface area contributed by atoms with Gasteiger partial charge in [-0.05, 0) is 50.6 Å². The zero-order valence-electron chi connectivity index (χ0n) is 13.5. The molecule has 1 atom stereocenters. The fourth-order valence-corrected chi connectivity index (χ4v) is 2.79. The van der Waals surface area contributed by atoms with E-state index in [4.69, 9.17) is 10.5 Å². The normalized spacial score (nSPS) is 24.6. The monoisotopic (exact) mass is 270 g/mol. The maximum atomic E-state index is 6.13. The lowest BCUT2D eigenvalue weighted by Gasteiger charge is -2.46. The van der Waals surface area contributed by atoms with Crippen molar-refractivity contribution in [1.82, 2.24) is 4.90 Å². The first-order valence-electron chi connectivity index (χ1n) is 8.03. The molecule has 0 saturated carbocycles. The zero-order valence-corrected chi connectivity index (χ0v) is 13.5. The maximum absolute atomic E-state index is 6.13. The minimum atomic E-state index is 0.0992. The van der Waals surface area contributed by atoms with Gasteiger partial charge in [0, 0.05) is 13.2 Å². The lowest BCUT2D eigenvalue weighted by Crippen LogP contribution is -2.59. The van der Waals surface area contributed by atoms with E-state index in [9.17, 15) is 0 Å². The first kappa shape index (κ1) is 16.9. The smallest absolute Gasteiger partial charge is 0.0662 e. The van der Waals surface area contributed by atoms with Crippen molar-refractivity contribution in [2.75, 3.05) is 32.8 Å². The van der Waals surface area contributed by atoms with Gasteiger partial charge in [0.1, 0.15) is 0 Å². The molecule has 1 fully saturated rings. The van der Waals surface area contributed by atoms with Gasteiger partial charge in [-0.25, -0.2) is 0 Å². The summed E-state index contributed by atoms with van der Waals surface area (Å²) < 4.78 is 5.75. The first-order valence-corrected chi connectivity index (χ1v) is 8.03. The van der Waals surface area contributed by atoms with Gasteiger partial charge < -0.3 is 10.5 Å². The lowest BCUT2D eigenvalue weighted by atomic mass is 9.89. The minimum Gasteiger partial charge on any atom is -0.379 e. The summed E-state index contributed by atoms with van der Waals surface area (Å²) in [6.07, 6.45) is 4.84. The second-order valence-corrected chi connectivity index (χ2v) is 6.94. The van der Waals surface area contributed by atoms with Crippen molar-refractivity contribution in [3.63, 3.8) is 0 Å². The molecule has 0 aromatic rings. The van der Waals surface area contributed by atoms with Crippen LogP contribution in [-0.2, 0) is 4.74 Å². The van der Waals surface area contributed by atoms with Crippen LogP contribution < -0.4 is 5.73 Å². The summed E-state index contributed by atoms with van der Waals surface area (Å²) in [5.41, 5.74) is 6.23. The van der Waals surface area contributed by atoms with Crippen molar-refractivity contribution in [2.45, 2.75) is 58.9 Å². The Morgan fingerprint density at radius 3 is 2.05 bits per heavy atom. The van der Waals surface area contributed by atoms with Crippen molar-refractivity contribution in [1.29, 1.82) is 0 Å². The molecule has 1 aliphatic heterocycles. The van der Waals surface area contributed by atoms with Crippen LogP contribution in [0.2, 0.25) is 0 Å². The van der Waals surface area contributed by atoms with E-state index in [2.05, 4.69) is 32.6 Å². The van der Waals surface area contributed by atoms with Crippen LogP contribution in [0.15, 0.2) is 0 Å². The Morgan fingerprint density at radius 2 is 1.68 bits per heavy atom. The summed E-state index contributed by atoms with van der Waals surface area (Å²) in [7, 11) is 0. The number of rotatable bonds is 8. The van der Waals surface area contributed by atoms with Crippen molar-refractivity contribution in [3.8, 4) is 0 Å². The number of hydrogen-bond acceptors (Lipinski definition) is 3. The molecule has 114 valence electrons. The van der Waals surface area contributed by atoms with Crippen molar-refractivity contribution >= 4 is 0 Å². The summed E-state index contributed by atoms with van der Waals surface area (Å²) in [5.74, 6) is 1.50. The van der Waals surface area contributed by atoms with Gasteiger partial charge in [-0.3, -0.25) is 4.90 Å². The molecule has 0 bridgehead atoms. The van der Waals surface area contributed by atoms with E-state index in [1.807, 2.05) is 0 Å². The lowest BCUT2D eigenvalue weighted by molar-refractivity contribution is -0.0479. The summed E-state index contributed by atoms with van der Waals surface area (Å²) in [5, 5.41) is 0. The molecule has 0 aromatic carbocycles. The van der Waals surface area contributed by atoms with Gasteiger partial charge in [0.15, 0.2) is 0 Å². The zero-order chi connectivity index (χ0) is 14.3. The van der Waals surface area contributed by atoms with Gasteiger partial charge in [0.2, 0.25) is 0 Å². The van der Waals surface area contributed by atoms with Crippen LogP contribution in [-0.4, -0.2) is 43.3 Å². The molecule has 1 heterocycles. The quantitative estimate of drug-likeness (QED) is 0.737. The van der Waals surface area contributed by atoms with Gasteiger partial charge in [-0.15, -0.1) is 0 Å². The van der Waals surface area contributed by atoms with E-state index in [0.717, 1.165) is 51.1 Å². The molecule has 1 aliphatic rings. The van der Waals surface area contributed by atoms with Gasteiger partial charge in [0.05, 0.1) is 12.1 Å². The SMILES string of the molecule is CC(C)CCN(CCC(C)C)C1(CN)CCCOC1. The number of hydrogen-bond donors (Lipinski definition) is 1. The number of nitrogens with two attached hydrogens (primary N) is 1. The van der Waals surface area contributed by atoms with Crippen molar-refractivity contribution in [3.05, 3.63) is 0 Å². The minimum absolute atomic E-state index is 0.0992. The number of nitrogens with zero attached hydrogens (tertiary/aromatic N) is 1. The van der Waals surface area contributed by atoms with Crippen LogP contribution in [0, 0.1) is 11.8 Å². The molecule has 0 spiro atoms. The predicted octanol–water partition coefficient (Wildman–Crippen LogP) is 2.89. The Morgan fingerprint density at radius 1 is 1.11 bits per heavy atom. The predicted molar refractivity (Wildman–Crippen MR) is 82.3 cm³/mol. The van der Waals surface area contributed by atoms with E-state index in [1.54, 1.807) is 0 Å². The Labute approximate surface area is 119 Å². The molecule has 0 amide bonds. The highest BCUT2D eigenvalue weighted by Gasteiger charge is 2.37. The first-order chi connectivity index (χ1) is 9.00. The third-order valence-corrected chi connectivity index (χ3v) is 4.31. The highest BCUT2D eigenvalue weighted by Crippen LogP contribution is 2.27. The second-order valence-electron chi connectivity index (χ2n) is 6.94. The molecule has 1 unspecified atom stereocenters. The summed E-state index contributed by atoms with van der Waals surface area (Å²) >= 11 is 0. The molecule has 1 rings (SSSR count). The Kier molecular flexibility index (Phi) is 7.33. The van der Waals surface area contributed by atoms with Crippen LogP contribution >= 0.6 is 0 Å². The van der Waals surface area contributed by atoms with Gasteiger partial charge in [-0.2, -0.15) is 0 Å². The fraction of sp³-hybridized carbons (Fsp3) is 1.00. The standard InChI is InChI=1S/C16H34N2O/c1-14(2)6-9-18(10-7-15(3)4)16(12-17)8-5-11-19-13-16/h14-15H,5-13,17H2,1-4H3. The van der Waals surface area contributed by atoms with E-state index >= 15 is 0 Å². The van der Waals surface area contributed by atoms with Crippen LogP contribution in [0.5, 0.6) is 0 Å². The van der Waals surface area contributed by atoms with E-state index in [1.165, 1.54) is 19.3 Å². The van der Waals surface area contributed by atoms with E-state index < -0.39 is 0 Å². The topological polar surface area (TPSA) is 38.5 Å². The van der Waals surface area contributed by atoms with Crippen LogP contribution in [0.1, 0.15) is 53.4 Å². The summed E-state index contributed by atoms with van der Waals surface area (Å²) in [6.45, 7) is 14.0. The molecule has 1 saturated heterocycles. The average Bonchev–Trinajstić information content (AvgIpc) is 2.39. The molecule has 0 aliphatic carbocycles. The molecular formula is C16H34N2O. The van der Waals surface area contributed by atoms with Crippen LogP contribution in [0.4, 0.5) is 0 Å². The molecular weight excluding hydrogens is 236 g/mol. The third kappa shape index (κ3) is 5.41. The highest BCUT2D eigenvalue weighted by atomic mass is 16.5. The Balaban J connectivity index is 2.67. The largest absolute Gasteiger partial charge is 0.379 e. The van der Waals surface area contributed by atoms with Gasteiger partial charge in [-0.1, -0.05) is 27.7 Å². The van der Waals surface area contributed by atoms with E-state index in [0.29, 0.717) is 0 Å². The number of ether oxygens (including phenoxy) is 1. The molecule has 2 N–H and O–H groups in total.